The van der Waals surface area contributed by atoms with Crippen molar-refractivity contribution in [3.63, 3.8) is 0 Å². The maximum absolute atomic E-state index is 11.2. The highest BCUT2D eigenvalue weighted by Gasteiger charge is 2.02. The summed E-state index contributed by atoms with van der Waals surface area (Å²) in [6, 6.07) is 7.32. The monoisotopic (exact) mass is 460 g/mol. The Hall–Kier alpha value is -1.31. The molecule has 4 N–H and O–H groups in total. The van der Waals surface area contributed by atoms with E-state index in [1.807, 2.05) is 12.1 Å². The van der Waals surface area contributed by atoms with Crippen molar-refractivity contribution in [3.8, 4) is 0 Å². The third-order valence-corrected chi connectivity index (χ3v) is 3.90. The van der Waals surface area contributed by atoms with Gasteiger partial charge in [-0.2, -0.15) is 0 Å². The van der Waals surface area contributed by atoms with E-state index in [1.165, 1.54) is 25.7 Å². The molecule has 0 fully saturated rings. The molecule has 1 aromatic carbocycles. The summed E-state index contributed by atoms with van der Waals surface area (Å²) in [6.45, 7) is 6.07. The quantitative estimate of drug-likeness (QED) is 0.216. The van der Waals surface area contributed by atoms with Gasteiger partial charge in [0.05, 0.1) is 0 Å². The van der Waals surface area contributed by atoms with Gasteiger partial charge in [-0.25, -0.2) is 0 Å². The van der Waals surface area contributed by atoms with Crippen LogP contribution in [0.25, 0.3) is 0 Å². The average molecular weight is 460 g/mol. The molecule has 0 unspecified atom stereocenters. The Balaban J connectivity index is 0.00000576. The normalized spacial score (nSPS) is 11.1. The number of rotatable bonds is 10. The molecule has 1 rings (SSSR count). The van der Waals surface area contributed by atoms with Gasteiger partial charge in [0.15, 0.2) is 5.96 Å². The third kappa shape index (κ3) is 11.0. The third-order valence-electron chi connectivity index (χ3n) is 3.90. The molecular weight excluding hydrogens is 427 g/mol. The van der Waals surface area contributed by atoms with Gasteiger partial charge >= 0.3 is 0 Å². The smallest absolute Gasteiger partial charge is 0.248 e. The number of primary amides is 1. The van der Waals surface area contributed by atoms with Crippen molar-refractivity contribution >= 4 is 35.8 Å². The minimum absolute atomic E-state index is 0. The summed E-state index contributed by atoms with van der Waals surface area (Å²) in [6.07, 6.45) is 6.33. The Morgan fingerprint density at radius 2 is 1.88 bits per heavy atom. The van der Waals surface area contributed by atoms with E-state index >= 15 is 0 Å². The molecule has 0 atom stereocenters. The van der Waals surface area contributed by atoms with Crippen LogP contribution < -0.4 is 16.4 Å². The van der Waals surface area contributed by atoms with Crippen molar-refractivity contribution < 1.29 is 4.79 Å². The number of aliphatic imine (C=N–C) groups is 1. The molecule has 0 aromatic heterocycles. The predicted molar refractivity (Wildman–Crippen MR) is 116 cm³/mol. The summed E-state index contributed by atoms with van der Waals surface area (Å²) >= 11 is 0. The fraction of sp³-hybridized carbons (Fsp3) is 0.579. The summed E-state index contributed by atoms with van der Waals surface area (Å²) in [5, 5.41) is 6.58. The van der Waals surface area contributed by atoms with Crippen LogP contribution in [-0.2, 0) is 6.54 Å². The second kappa shape index (κ2) is 13.9. The number of carbonyl (C=O) groups excluding carboxylic acids is 1. The molecule has 5 nitrogen and oxygen atoms in total. The molecule has 0 bridgehead atoms. The first kappa shape index (κ1) is 23.7. The Kier molecular flexibility index (Phi) is 13.2. The van der Waals surface area contributed by atoms with Crippen LogP contribution in [-0.4, -0.2) is 25.5 Å². The number of amides is 1. The Bertz CT molecular complexity index is 532. The maximum Gasteiger partial charge on any atom is 0.248 e. The first-order chi connectivity index (χ1) is 11.5. The van der Waals surface area contributed by atoms with Gasteiger partial charge < -0.3 is 16.4 Å². The SMILES string of the molecule is CN=C(NCCCCCCC(C)C)NCc1cccc(C(N)=O)c1.I. The van der Waals surface area contributed by atoms with Gasteiger partial charge in [-0.3, -0.25) is 9.79 Å². The zero-order valence-electron chi connectivity index (χ0n) is 15.7. The number of nitrogens with zero attached hydrogens (tertiary/aromatic N) is 1. The molecule has 25 heavy (non-hydrogen) atoms. The van der Waals surface area contributed by atoms with E-state index in [0.29, 0.717) is 12.1 Å². The molecule has 0 radical (unpaired) electrons. The lowest BCUT2D eigenvalue weighted by molar-refractivity contribution is 0.1000. The first-order valence-corrected chi connectivity index (χ1v) is 8.86. The number of nitrogens with one attached hydrogen (secondary N) is 2. The van der Waals surface area contributed by atoms with Crippen molar-refractivity contribution in [2.45, 2.75) is 52.5 Å². The number of hydrogen-bond acceptors (Lipinski definition) is 2. The predicted octanol–water partition coefficient (Wildman–Crippen LogP) is 3.68. The molecule has 0 aliphatic heterocycles. The summed E-state index contributed by atoms with van der Waals surface area (Å²) < 4.78 is 0. The van der Waals surface area contributed by atoms with Crippen LogP contribution >= 0.6 is 24.0 Å². The van der Waals surface area contributed by atoms with E-state index in [4.69, 9.17) is 5.73 Å². The van der Waals surface area contributed by atoms with Crippen molar-refractivity contribution in [1.82, 2.24) is 10.6 Å². The van der Waals surface area contributed by atoms with Gasteiger partial charge in [0.1, 0.15) is 0 Å². The Morgan fingerprint density at radius 3 is 2.52 bits per heavy atom. The standard InChI is InChI=1S/C19H32N4O.HI/c1-15(2)9-6-4-5-7-12-22-19(21-3)23-14-16-10-8-11-17(13-16)18(20)24;/h8,10-11,13,15H,4-7,9,12,14H2,1-3H3,(H2,20,24)(H2,21,22,23);1H. The lowest BCUT2D eigenvalue weighted by Gasteiger charge is -2.12. The zero-order chi connectivity index (χ0) is 17.8. The van der Waals surface area contributed by atoms with Crippen molar-refractivity contribution in [2.24, 2.45) is 16.6 Å². The number of benzene rings is 1. The summed E-state index contributed by atoms with van der Waals surface area (Å²) in [5.41, 5.74) is 6.83. The van der Waals surface area contributed by atoms with Crippen molar-refractivity contribution in [1.29, 1.82) is 0 Å². The highest BCUT2D eigenvalue weighted by molar-refractivity contribution is 14.0. The van der Waals surface area contributed by atoms with Gasteiger partial charge in [-0.15, -0.1) is 24.0 Å². The number of nitrogens with two attached hydrogens (primary N) is 1. The molecule has 0 spiro atoms. The van der Waals surface area contributed by atoms with Gasteiger partial charge in [-0.05, 0) is 30.0 Å². The second-order valence-electron chi connectivity index (χ2n) is 6.51. The fourth-order valence-electron chi connectivity index (χ4n) is 2.48. The zero-order valence-corrected chi connectivity index (χ0v) is 18.0. The highest BCUT2D eigenvalue weighted by Crippen LogP contribution is 2.09. The van der Waals surface area contributed by atoms with Crippen LogP contribution in [0.5, 0.6) is 0 Å². The topological polar surface area (TPSA) is 79.5 Å². The van der Waals surface area contributed by atoms with E-state index in [9.17, 15) is 4.79 Å². The molecule has 142 valence electrons. The minimum Gasteiger partial charge on any atom is -0.366 e. The van der Waals surface area contributed by atoms with Crippen LogP contribution in [0.3, 0.4) is 0 Å². The lowest BCUT2D eigenvalue weighted by Crippen LogP contribution is -2.37. The molecule has 1 amide bonds. The highest BCUT2D eigenvalue weighted by atomic mass is 127. The van der Waals surface area contributed by atoms with E-state index in [-0.39, 0.29) is 24.0 Å². The molecule has 0 heterocycles. The summed E-state index contributed by atoms with van der Waals surface area (Å²) in [5.74, 6) is 1.18. The first-order valence-electron chi connectivity index (χ1n) is 8.86. The number of carbonyl (C=O) groups is 1. The molecule has 0 saturated heterocycles. The minimum atomic E-state index is -0.406. The van der Waals surface area contributed by atoms with E-state index < -0.39 is 5.91 Å². The van der Waals surface area contributed by atoms with Gasteiger partial charge in [-0.1, -0.05) is 51.7 Å². The Morgan fingerprint density at radius 1 is 1.16 bits per heavy atom. The number of guanidine groups is 1. The van der Waals surface area contributed by atoms with E-state index in [1.54, 1.807) is 19.2 Å². The van der Waals surface area contributed by atoms with Crippen LogP contribution in [0.2, 0.25) is 0 Å². The molecule has 0 saturated carbocycles. The van der Waals surface area contributed by atoms with Crippen LogP contribution in [0.1, 0.15) is 61.9 Å². The van der Waals surface area contributed by atoms with Crippen molar-refractivity contribution in [2.75, 3.05) is 13.6 Å². The molecule has 1 aromatic rings. The second-order valence-corrected chi connectivity index (χ2v) is 6.51. The Labute approximate surface area is 169 Å². The van der Waals surface area contributed by atoms with Crippen LogP contribution in [0, 0.1) is 5.92 Å². The molecule has 0 aliphatic rings. The van der Waals surface area contributed by atoms with Crippen LogP contribution in [0.4, 0.5) is 0 Å². The average Bonchev–Trinajstić information content (AvgIpc) is 2.56. The number of halogens is 1. The fourth-order valence-corrected chi connectivity index (χ4v) is 2.48. The van der Waals surface area contributed by atoms with E-state index in [0.717, 1.165) is 30.4 Å². The molecular formula is C19H33IN4O. The van der Waals surface area contributed by atoms with Crippen LogP contribution in [0.15, 0.2) is 29.3 Å². The largest absolute Gasteiger partial charge is 0.366 e. The van der Waals surface area contributed by atoms with Crippen molar-refractivity contribution in [3.05, 3.63) is 35.4 Å². The van der Waals surface area contributed by atoms with Gasteiger partial charge in [0.25, 0.3) is 0 Å². The van der Waals surface area contributed by atoms with Gasteiger partial charge in [0, 0.05) is 25.7 Å². The number of unbranched alkanes of at least 4 members (excludes halogenated alkanes) is 3. The van der Waals surface area contributed by atoms with Gasteiger partial charge in [0.2, 0.25) is 5.91 Å². The molecule has 6 heteroatoms. The lowest BCUT2D eigenvalue weighted by atomic mass is 10.0. The number of hydrogen-bond donors (Lipinski definition) is 3. The van der Waals surface area contributed by atoms with E-state index in [2.05, 4.69) is 29.5 Å². The molecule has 0 aliphatic carbocycles. The summed E-state index contributed by atoms with van der Waals surface area (Å²) in [4.78, 5) is 15.4. The maximum atomic E-state index is 11.2. The summed E-state index contributed by atoms with van der Waals surface area (Å²) in [7, 11) is 1.76.